The van der Waals surface area contributed by atoms with E-state index in [1.54, 1.807) is 0 Å². The SMILES string of the molecule is CC1CC(=O)N(Cc2ccc(C(C)(C)C)cc2)C1=O. The third kappa shape index (κ3) is 2.86. The summed E-state index contributed by atoms with van der Waals surface area (Å²) in [6.07, 6.45) is 0.346. The molecule has 0 radical (unpaired) electrons. The average molecular weight is 259 g/mol. The van der Waals surface area contributed by atoms with E-state index in [4.69, 9.17) is 0 Å². The van der Waals surface area contributed by atoms with Crippen LogP contribution in [0.2, 0.25) is 0 Å². The number of likely N-dealkylation sites (tertiary alicyclic amines) is 1. The molecule has 2 amide bonds. The molecule has 1 aromatic rings. The maximum Gasteiger partial charge on any atom is 0.232 e. The minimum absolute atomic E-state index is 0.0510. The van der Waals surface area contributed by atoms with Crippen LogP contribution in [-0.2, 0) is 21.5 Å². The van der Waals surface area contributed by atoms with Crippen LogP contribution in [0.15, 0.2) is 24.3 Å². The Kier molecular flexibility index (Phi) is 3.48. The number of rotatable bonds is 2. The first-order valence-electron chi connectivity index (χ1n) is 6.72. The average Bonchev–Trinajstić information content (AvgIpc) is 2.56. The van der Waals surface area contributed by atoms with Gasteiger partial charge in [-0.15, -0.1) is 0 Å². The summed E-state index contributed by atoms with van der Waals surface area (Å²) in [5.41, 5.74) is 2.37. The quantitative estimate of drug-likeness (QED) is 0.766. The molecular weight excluding hydrogens is 238 g/mol. The normalized spacial score (nSPS) is 20.2. The Balaban J connectivity index is 2.12. The molecule has 1 unspecified atom stereocenters. The third-order valence-corrected chi connectivity index (χ3v) is 3.63. The molecule has 0 N–H and O–H groups in total. The van der Waals surface area contributed by atoms with Crippen molar-refractivity contribution in [1.29, 1.82) is 0 Å². The van der Waals surface area contributed by atoms with Gasteiger partial charge in [0.1, 0.15) is 0 Å². The molecule has 19 heavy (non-hydrogen) atoms. The first-order chi connectivity index (χ1) is 8.79. The maximum atomic E-state index is 11.9. The van der Waals surface area contributed by atoms with Crippen LogP contribution in [0, 0.1) is 5.92 Å². The van der Waals surface area contributed by atoms with E-state index < -0.39 is 0 Å². The molecule has 0 bridgehead atoms. The monoisotopic (exact) mass is 259 g/mol. The van der Waals surface area contributed by atoms with Gasteiger partial charge in [0.25, 0.3) is 0 Å². The fourth-order valence-electron chi connectivity index (χ4n) is 2.31. The Morgan fingerprint density at radius 2 is 1.74 bits per heavy atom. The fourth-order valence-corrected chi connectivity index (χ4v) is 2.31. The number of nitrogens with zero attached hydrogens (tertiary/aromatic N) is 1. The standard InChI is InChI=1S/C16H21NO2/c1-11-9-14(18)17(15(11)19)10-12-5-7-13(8-6-12)16(2,3)4/h5-8,11H,9-10H2,1-4H3. The van der Waals surface area contributed by atoms with Gasteiger partial charge < -0.3 is 0 Å². The molecule has 1 aliphatic rings. The van der Waals surface area contributed by atoms with Crippen molar-refractivity contribution in [1.82, 2.24) is 4.90 Å². The van der Waals surface area contributed by atoms with E-state index in [1.807, 2.05) is 19.1 Å². The second-order valence-electron chi connectivity index (χ2n) is 6.37. The van der Waals surface area contributed by atoms with E-state index in [9.17, 15) is 9.59 Å². The van der Waals surface area contributed by atoms with Crippen molar-refractivity contribution in [2.24, 2.45) is 5.92 Å². The summed E-state index contributed by atoms with van der Waals surface area (Å²) in [6, 6.07) is 8.15. The molecule has 0 spiro atoms. The zero-order valence-electron chi connectivity index (χ0n) is 12.1. The molecule has 3 heteroatoms. The summed E-state index contributed by atoms with van der Waals surface area (Å²) in [7, 11) is 0. The summed E-state index contributed by atoms with van der Waals surface area (Å²) < 4.78 is 0. The second kappa shape index (κ2) is 4.80. The number of hydrogen-bond donors (Lipinski definition) is 0. The number of benzene rings is 1. The van der Waals surface area contributed by atoms with Gasteiger partial charge in [-0.2, -0.15) is 0 Å². The number of amides is 2. The van der Waals surface area contributed by atoms with Crippen molar-refractivity contribution >= 4 is 11.8 Å². The zero-order valence-corrected chi connectivity index (χ0v) is 12.1. The van der Waals surface area contributed by atoms with Gasteiger partial charge in [0.05, 0.1) is 6.54 Å². The molecule has 1 atom stereocenters. The lowest BCUT2D eigenvalue weighted by molar-refractivity contribution is -0.139. The van der Waals surface area contributed by atoms with Crippen molar-refractivity contribution in [3.8, 4) is 0 Å². The van der Waals surface area contributed by atoms with E-state index in [-0.39, 0.29) is 23.1 Å². The number of carbonyl (C=O) groups is 2. The minimum atomic E-state index is -0.165. The number of imide groups is 1. The van der Waals surface area contributed by atoms with Crippen LogP contribution < -0.4 is 0 Å². The summed E-state index contributed by atoms with van der Waals surface area (Å²) in [5.74, 6) is -0.274. The Hall–Kier alpha value is -1.64. The third-order valence-electron chi connectivity index (χ3n) is 3.63. The Bertz CT molecular complexity index is 496. The predicted molar refractivity (Wildman–Crippen MR) is 74.5 cm³/mol. The van der Waals surface area contributed by atoms with Gasteiger partial charge in [-0.3, -0.25) is 14.5 Å². The van der Waals surface area contributed by atoms with Crippen molar-refractivity contribution < 1.29 is 9.59 Å². The van der Waals surface area contributed by atoms with E-state index >= 15 is 0 Å². The molecule has 1 heterocycles. The lowest BCUT2D eigenvalue weighted by Gasteiger charge is -2.20. The lowest BCUT2D eigenvalue weighted by atomic mass is 9.87. The van der Waals surface area contributed by atoms with Gasteiger partial charge in [0.15, 0.2) is 0 Å². The van der Waals surface area contributed by atoms with E-state index in [0.29, 0.717) is 13.0 Å². The molecule has 2 rings (SSSR count). The molecule has 1 aliphatic heterocycles. The predicted octanol–water partition coefficient (Wildman–Crippen LogP) is 2.88. The molecule has 0 aromatic heterocycles. The highest BCUT2D eigenvalue weighted by atomic mass is 16.2. The van der Waals surface area contributed by atoms with Gasteiger partial charge in [-0.1, -0.05) is 52.0 Å². The van der Waals surface area contributed by atoms with Gasteiger partial charge in [0.2, 0.25) is 11.8 Å². The molecular formula is C16H21NO2. The van der Waals surface area contributed by atoms with Crippen LogP contribution in [0.25, 0.3) is 0 Å². The fraction of sp³-hybridized carbons (Fsp3) is 0.500. The van der Waals surface area contributed by atoms with Gasteiger partial charge in [-0.05, 0) is 16.5 Å². The lowest BCUT2D eigenvalue weighted by Crippen LogP contribution is -2.29. The first kappa shape index (κ1) is 13.8. The highest BCUT2D eigenvalue weighted by Crippen LogP contribution is 2.24. The van der Waals surface area contributed by atoms with E-state index in [1.165, 1.54) is 10.5 Å². The summed E-state index contributed by atoms with van der Waals surface area (Å²) in [4.78, 5) is 25.0. The van der Waals surface area contributed by atoms with Crippen molar-refractivity contribution in [2.75, 3.05) is 0 Å². The second-order valence-corrected chi connectivity index (χ2v) is 6.37. The Morgan fingerprint density at radius 3 is 2.16 bits per heavy atom. The Labute approximate surface area is 114 Å². The molecule has 1 aromatic carbocycles. The largest absolute Gasteiger partial charge is 0.278 e. The summed E-state index contributed by atoms with van der Waals surface area (Å²) in [6.45, 7) is 8.70. The maximum absolute atomic E-state index is 11.9. The highest BCUT2D eigenvalue weighted by Gasteiger charge is 2.35. The van der Waals surface area contributed by atoms with Crippen LogP contribution >= 0.6 is 0 Å². The smallest absolute Gasteiger partial charge is 0.232 e. The summed E-state index contributed by atoms with van der Waals surface area (Å²) >= 11 is 0. The topological polar surface area (TPSA) is 37.4 Å². The van der Waals surface area contributed by atoms with E-state index in [2.05, 4.69) is 32.9 Å². The molecule has 0 saturated carbocycles. The number of hydrogen-bond acceptors (Lipinski definition) is 2. The zero-order chi connectivity index (χ0) is 14.2. The van der Waals surface area contributed by atoms with Crippen LogP contribution in [0.1, 0.15) is 45.2 Å². The molecule has 102 valence electrons. The minimum Gasteiger partial charge on any atom is -0.278 e. The molecule has 0 aliphatic carbocycles. The van der Waals surface area contributed by atoms with Crippen molar-refractivity contribution in [3.63, 3.8) is 0 Å². The van der Waals surface area contributed by atoms with Gasteiger partial charge in [-0.25, -0.2) is 0 Å². The van der Waals surface area contributed by atoms with Crippen molar-refractivity contribution in [2.45, 2.75) is 46.1 Å². The molecule has 3 nitrogen and oxygen atoms in total. The highest BCUT2D eigenvalue weighted by molar-refractivity contribution is 6.03. The van der Waals surface area contributed by atoms with E-state index in [0.717, 1.165) is 5.56 Å². The van der Waals surface area contributed by atoms with Crippen LogP contribution in [0.5, 0.6) is 0 Å². The van der Waals surface area contributed by atoms with Crippen LogP contribution in [0.4, 0.5) is 0 Å². The van der Waals surface area contributed by atoms with Crippen LogP contribution in [-0.4, -0.2) is 16.7 Å². The molecule has 1 fully saturated rings. The number of carbonyl (C=O) groups excluding carboxylic acids is 2. The van der Waals surface area contributed by atoms with Gasteiger partial charge in [0, 0.05) is 12.3 Å². The first-order valence-corrected chi connectivity index (χ1v) is 6.72. The Morgan fingerprint density at radius 1 is 1.16 bits per heavy atom. The van der Waals surface area contributed by atoms with Gasteiger partial charge >= 0.3 is 0 Å². The van der Waals surface area contributed by atoms with Crippen LogP contribution in [0.3, 0.4) is 0 Å². The summed E-state index contributed by atoms with van der Waals surface area (Å²) in [5, 5.41) is 0. The van der Waals surface area contributed by atoms with Crippen molar-refractivity contribution in [3.05, 3.63) is 35.4 Å². The molecule has 1 saturated heterocycles.